The summed E-state index contributed by atoms with van der Waals surface area (Å²) in [5, 5.41) is 13.1. The van der Waals surface area contributed by atoms with Crippen LogP contribution in [0.1, 0.15) is 46.7 Å². The fraction of sp³-hybridized carbons (Fsp3) is 0.381. The number of aromatic hydroxyl groups is 1. The van der Waals surface area contributed by atoms with Crippen LogP contribution in [0.2, 0.25) is 0 Å². The van der Waals surface area contributed by atoms with E-state index in [4.69, 9.17) is 0 Å². The van der Waals surface area contributed by atoms with Crippen LogP contribution in [0.25, 0.3) is 0 Å². The maximum Gasteiger partial charge on any atom is 0.254 e. The summed E-state index contributed by atoms with van der Waals surface area (Å²) in [4.78, 5) is 15.3. The number of benzene rings is 2. The topological polar surface area (TPSA) is 52.6 Å². The Bertz CT molecular complexity index is 764. The van der Waals surface area contributed by atoms with E-state index in [0.29, 0.717) is 18.5 Å². The largest absolute Gasteiger partial charge is 0.508 e. The Morgan fingerprint density at radius 1 is 1.12 bits per heavy atom. The minimum absolute atomic E-state index is 0.119. The first kappa shape index (κ1) is 16.2. The maximum absolute atomic E-state index is 13.3. The van der Waals surface area contributed by atoms with E-state index in [1.807, 2.05) is 35.2 Å². The van der Waals surface area contributed by atoms with E-state index in [0.717, 1.165) is 43.5 Å². The van der Waals surface area contributed by atoms with Crippen molar-refractivity contribution in [1.82, 2.24) is 10.2 Å². The molecule has 1 saturated carbocycles. The quantitative estimate of drug-likeness (QED) is 0.881. The average Bonchev–Trinajstić information content (AvgIpc) is 3.32. The van der Waals surface area contributed by atoms with E-state index in [2.05, 4.69) is 11.4 Å². The Hall–Kier alpha value is -2.33. The van der Waals surface area contributed by atoms with Gasteiger partial charge in [-0.15, -0.1) is 0 Å². The number of hydrogen-bond donors (Lipinski definition) is 2. The van der Waals surface area contributed by atoms with Gasteiger partial charge in [0.25, 0.3) is 5.91 Å². The molecule has 1 amide bonds. The molecular weight excluding hydrogens is 312 g/mol. The smallest absolute Gasteiger partial charge is 0.254 e. The molecular formula is C21H24N2O2. The second kappa shape index (κ2) is 6.89. The number of carbonyl (C=O) groups excluding carboxylic acids is 1. The summed E-state index contributed by atoms with van der Waals surface area (Å²) in [5.74, 6) is 0.786. The summed E-state index contributed by atoms with van der Waals surface area (Å²) in [6.45, 7) is 2.51. The average molecular weight is 336 g/mol. The van der Waals surface area contributed by atoms with Crippen molar-refractivity contribution in [3.8, 4) is 5.75 Å². The van der Waals surface area contributed by atoms with Crippen LogP contribution in [0.15, 0.2) is 48.5 Å². The van der Waals surface area contributed by atoms with Crippen molar-refractivity contribution < 1.29 is 9.90 Å². The molecule has 130 valence electrons. The fourth-order valence-electron chi connectivity index (χ4n) is 3.73. The molecule has 4 rings (SSSR count). The van der Waals surface area contributed by atoms with Gasteiger partial charge in [0.15, 0.2) is 0 Å². The lowest BCUT2D eigenvalue weighted by atomic mass is 9.92. The SMILES string of the molecule is O=C(c1ccccc1[C@@H]1CCNC1)N(Cc1cccc(O)c1)C1CC1. The van der Waals surface area contributed by atoms with E-state index < -0.39 is 0 Å². The van der Waals surface area contributed by atoms with Crippen molar-refractivity contribution in [3.63, 3.8) is 0 Å². The maximum atomic E-state index is 13.3. The molecule has 4 nitrogen and oxygen atoms in total. The third kappa shape index (κ3) is 3.54. The lowest BCUT2D eigenvalue weighted by Gasteiger charge is -2.25. The molecule has 0 radical (unpaired) electrons. The zero-order valence-corrected chi connectivity index (χ0v) is 14.3. The van der Waals surface area contributed by atoms with Gasteiger partial charge in [-0.1, -0.05) is 30.3 Å². The van der Waals surface area contributed by atoms with Crippen LogP contribution in [-0.2, 0) is 6.54 Å². The number of nitrogens with one attached hydrogen (secondary N) is 1. The summed E-state index contributed by atoms with van der Waals surface area (Å²) >= 11 is 0. The highest BCUT2D eigenvalue weighted by Crippen LogP contribution is 2.33. The molecule has 0 spiro atoms. The highest BCUT2D eigenvalue weighted by atomic mass is 16.3. The van der Waals surface area contributed by atoms with E-state index in [9.17, 15) is 9.90 Å². The summed E-state index contributed by atoms with van der Waals surface area (Å²) in [6, 6.07) is 15.6. The summed E-state index contributed by atoms with van der Waals surface area (Å²) in [6.07, 6.45) is 3.22. The Balaban J connectivity index is 1.61. The number of nitrogens with zero attached hydrogens (tertiary/aromatic N) is 1. The van der Waals surface area contributed by atoms with Gasteiger partial charge in [-0.05, 0) is 61.1 Å². The van der Waals surface area contributed by atoms with E-state index >= 15 is 0 Å². The minimum Gasteiger partial charge on any atom is -0.508 e. The van der Waals surface area contributed by atoms with Crippen molar-refractivity contribution in [2.75, 3.05) is 13.1 Å². The van der Waals surface area contributed by atoms with Crippen molar-refractivity contribution >= 4 is 5.91 Å². The van der Waals surface area contributed by atoms with Crippen molar-refractivity contribution in [2.24, 2.45) is 0 Å². The predicted molar refractivity (Wildman–Crippen MR) is 97.7 cm³/mol. The van der Waals surface area contributed by atoms with Gasteiger partial charge in [0.05, 0.1) is 0 Å². The molecule has 25 heavy (non-hydrogen) atoms. The van der Waals surface area contributed by atoms with Crippen LogP contribution in [0.3, 0.4) is 0 Å². The van der Waals surface area contributed by atoms with Crippen LogP contribution in [-0.4, -0.2) is 35.0 Å². The van der Waals surface area contributed by atoms with Gasteiger partial charge in [-0.25, -0.2) is 0 Å². The number of hydrogen-bond acceptors (Lipinski definition) is 3. The fourth-order valence-corrected chi connectivity index (χ4v) is 3.73. The third-order valence-electron chi connectivity index (χ3n) is 5.20. The van der Waals surface area contributed by atoms with Gasteiger partial charge >= 0.3 is 0 Å². The lowest BCUT2D eigenvalue weighted by Crippen LogP contribution is -2.33. The second-order valence-electron chi connectivity index (χ2n) is 7.11. The van der Waals surface area contributed by atoms with Gasteiger partial charge in [-0.3, -0.25) is 4.79 Å². The van der Waals surface area contributed by atoms with Crippen LogP contribution in [0.4, 0.5) is 0 Å². The molecule has 1 aliphatic carbocycles. The monoisotopic (exact) mass is 336 g/mol. The Labute approximate surface area is 148 Å². The normalized spacial score (nSPS) is 19.8. The second-order valence-corrected chi connectivity index (χ2v) is 7.11. The molecule has 0 aromatic heterocycles. The molecule has 0 unspecified atom stereocenters. The molecule has 1 heterocycles. The molecule has 1 atom stereocenters. The molecule has 2 aromatic rings. The van der Waals surface area contributed by atoms with Gasteiger partial charge < -0.3 is 15.3 Å². The first-order valence-corrected chi connectivity index (χ1v) is 9.11. The lowest BCUT2D eigenvalue weighted by molar-refractivity contribution is 0.0728. The third-order valence-corrected chi connectivity index (χ3v) is 5.20. The summed E-state index contributed by atoms with van der Waals surface area (Å²) < 4.78 is 0. The number of carbonyl (C=O) groups is 1. The van der Waals surface area contributed by atoms with E-state index in [-0.39, 0.29) is 11.7 Å². The molecule has 1 aliphatic heterocycles. The van der Waals surface area contributed by atoms with Gasteiger partial charge in [0.1, 0.15) is 5.75 Å². The van der Waals surface area contributed by atoms with Gasteiger partial charge in [-0.2, -0.15) is 0 Å². The van der Waals surface area contributed by atoms with Crippen LogP contribution in [0, 0.1) is 0 Å². The summed E-state index contributed by atoms with van der Waals surface area (Å²) in [5.41, 5.74) is 2.97. The molecule has 2 fully saturated rings. The molecule has 2 aromatic carbocycles. The van der Waals surface area contributed by atoms with Crippen molar-refractivity contribution in [1.29, 1.82) is 0 Å². The number of rotatable bonds is 5. The van der Waals surface area contributed by atoms with Crippen LogP contribution >= 0.6 is 0 Å². The zero-order chi connectivity index (χ0) is 17.2. The summed E-state index contributed by atoms with van der Waals surface area (Å²) in [7, 11) is 0. The molecule has 2 aliphatic rings. The Kier molecular flexibility index (Phi) is 4.45. The first-order chi connectivity index (χ1) is 12.2. The number of phenols is 1. The van der Waals surface area contributed by atoms with Crippen LogP contribution < -0.4 is 5.32 Å². The Morgan fingerprint density at radius 3 is 2.68 bits per heavy atom. The molecule has 2 N–H and O–H groups in total. The highest BCUT2D eigenvalue weighted by molar-refractivity contribution is 5.96. The standard InChI is InChI=1S/C21H24N2O2/c24-18-5-3-4-15(12-18)14-23(17-8-9-17)21(25)20-7-2-1-6-19(20)16-10-11-22-13-16/h1-7,12,16-17,22,24H,8-11,13-14H2/t16-/m1/s1. The molecule has 0 bridgehead atoms. The highest BCUT2D eigenvalue weighted by Gasteiger charge is 2.34. The number of amides is 1. The Morgan fingerprint density at radius 2 is 1.96 bits per heavy atom. The minimum atomic E-state index is 0.119. The van der Waals surface area contributed by atoms with Crippen molar-refractivity contribution in [2.45, 2.75) is 37.8 Å². The number of phenolic OH excluding ortho intramolecular Hbond substituents is 1. The first-order valence-electron chi connectivity index (χ1n) is 9.11. The van der Waals surface area contributed by atoms with Crippen LogP contribution in [0.5, 0.6) is 5.75 Å². The van der Waals surface area contributed by atoms with E-state index in [1.54, 1.807) is 12.1 Å². The van der Waals surface area contributed by atoms with Gasteiger partial charge in [0, 0.05) is 24.7 Å². The van der Waals surface area contributed by atoms with Crippen molar-refractivity contribution in [3.05, 3.63) is 65.2 Å². The molecule has 4 heteroatoms. The predicted octanol–water partition coefficient (Wildman–Crippen LogP) is 3.27. The zero-order valence-electron chi connectivity index (χ0n) is 14.3. The molecule has 1 saturated heterocycles. The van der Waals surface area contributed by atoms with E-state index in [1.165, 1.54) is 5.56 Å². The van der Waals surface area contributed by atoms with Gasteiger partial charge in [0.2, 0.25) is 0 Å².